The van der Waals surface area contributed by atoms with Gasteiger partial charge in [-0.05, 0) is 23.8 Å². The maximum atomic E-state index is 6.55. The van der Waals surface area contributed by atoms with Gasteiger partial charge >= 0.3 is 0 Å². The molecular formula is C24H26O3. The summed E-state index contributed by atoms with van der Waals surface area (Å²) in [6.07, 6.45) is 0. The minimum absolute atomic E-state index is 0.0331. The lowest BCUT2D eigenvalue weighted by Crippen LogP contribution is -2.46. The largest absolute Gasteiger partial charge is 0.493 e. The summed E-state index contributed by atoms with van der Waals surface area (Å²) in [5, 5.41) is 2.23. The van der Waals surface area contributed by atoms with Gasteiger partial charge in [0.25, 0.3) is 0 Å². The van der Waals surface area contributed by atoms with Crippen molar-refractivity contribution in [2.45, 2.75) is 26.6 Å². The van der Waals surface area contributed by atoms with Gasteiger partial charge < -0.3 is 14.2 Å². The molecule has 0 saturated carbocycles. The van der Waals surface area contributed by atoms with Crippen molar-refractivity contribution in [3.8, 4) is 5.75 Å². The summed E-state index contributed by atoms with van der Waals surface area (Å²) < 4.78 is 19.1. The van der Waals surface area contributed by atoms with Crippen molar-refractivity contribution in [3.05, 3.63) is 77.9 Å². The fourth-order valence-electron chi connectivity index (χ4n) is 3.66. The van der Waals surface area contributed by atoms with Crippen LogP contribution in [0.2, 0.25) is 0 Å². The molecule has 1 heterocycles. The SMILES string of the molecule is CCOc1ccc2ccccc2c1C1(c2ccccc2)OCC(C)(C)CO1. The van der Waals surface area contributed by atoms with Crippen molar-refractivity contribution in [2.75, 3.05) is 19.8 Å². The van der Waals surface area contributed by atoms with E-state index in [4.69, 9.17) is 14.2 Å². The van der Waals surface area contributed by atoms with Crippen molar-refractivity contribution in [2.24, 2.45) is 5.41 Å². The van der Waals surface area contributed by atoms with Gasteiger partial charge in [-0.15, -0.1) is 0 Å². The molecule has 3 aromatic rings. The predicted octanol–water partition coefficient (Wildman–Crippen LogP) is 5.51. The molecule has 0 amide bonds. The summed E-state index contributed by atoms with van der Waals surface area (Å²) in [5.74, 6) is -0.179. The molecule has 1 fully saturated rings. The van der Waals surface area contributed by atoms with E-state index in [1.54, 1.807) is 0 Å². The Morgan fingerprint density at radius 3 is 2.22 bits per heavy atom. The molecule has 4 rings (SSSR count). The Morgan fingerprint density at radius 2 is 1.52 bits per heavy atom. The maximum Gasteiger partial charge on any atom is 0.226 e. The quantitative estimate of drug-likeness (QED) is 0.612. The summed E-state index contributed by atoms with van der Waals surface area (Å²) in [7, 11) is 0. The molecule has 0 spiro atoms. The summed E-state index contributed by atoms with van der Waals surface area (Å²) in [4.78, 5) is 0. The monoisotopic (exact) mass is 362 g/mol. The third-order valence-corrected chi connectivity index (χ3v) is 5.01. The molecular weight excluding hydrogens is 336 g/mol. The highest BCUT2D eigenvalue weighted by Crippen LogP contribution is 2.47. The smallest absolute Gasteiger partial charge is 0.226 e. The van der Waals surface area contributed by atoms with Gasteiger partial charge in [-0.25, -0.2) is 0 Å². The fraction of sp³-hybridized carbons (Fsp3) is 0.333. The van der Waals surface area contributed by atoms with Crippen molar-refractivity contribution in [1.29, 1.82) is 0 Å². The Morgan fingerprint density at radius 1 is 0.852 bits per heavy atom. The standard InChI is InChI=1S/C24H26O3/c1-4-25-21-15-14-18-10-8-9-13-20(18)22(21)24(19-11-6-5-7-12-19)26-16-23(2,3)17-27-24/h5-15H,4,16-17H2,1-3H3. The van der Waals surface area contributed by atoms with Gasteiger partial charge in [-0.2, -0.15) is 0 Å². The van der Waals surface area contributed by atoms with Crippen LogP contribution in [0.15, 0.2) is 66.7 Å². The number of hydrogen-bond donors (Lipinski definition) is 0. The van der Waals surface area contributed by atoms with Crippen LogP contribution in [-0.4, -0.2) is 19.8 Å². The first kappa shape index (κ1) is 18.0. The van der Waals surface area contributed by atoms with E-state index in [9.17, 15) is 0 Å². The molecule has 0 aromatic heterocycles. The van der Waals surface area contributed by atoms with Crippen LogP contribution in [0.4, 0.5) is 0 Å². The molecule has 27 heavy (non-hydrogen) atoms. The highest BCUT2D eigenvalue weighted by molar-refractivity contribution is 5.89. The van der Waals surface area contributed by atoms with Crippen LogP contribution >= 0.6 is 0 Å². The van der Waals surface area contributed by atoms with Crippen molar-refractivity contribution in [3.63, 3.8) is 0 Å². The van der Waals surface area contributed by atoms with Gasteiger partial charge in [-0.3, -0.25) is 0 Å². The lowest BCUT2D eigenvalue weighted by atomic mass is 9.88. The third-order valence-electron chi connectivity index (χ3n) is 5.01. The summed E-state index contributed by atoms with van der Waals surface area (Å²) >= 11 is 0. The van der Waals surface area contributed by atoms with E-state index in [0.29, 0.717) is 19.8 Å². The van der Waals surface area contributed by atoms with Gasteiger partial charge in [0.15, 0.2) is 0 Å². The van der Waals surface area contributed by atoms with E-state index in [0.717, 1.165) is 27.6 Å². The van der Waals surface area contributed by atoms with Gasteiger partial charge in [-0.1, -0.05) is 74.5 Å². The zero-order valence-corrected chi connectivity index (χ0v) is 16.2. The van der Waals surface area contributed by atoms with Crippen LogP contribution in [-0.2, 0) is 15.3 Å². The topological polar surface area (TPSA) is 27.7 Å². The second-order valence-electron chi connectivity index (χ2n) is 7.82. The van der Waals surface area contributed by atoms with Crippen LogP contribution in [0.3, 0.4) is 0 Å². The minimum atomic E-state index is -0.984. The van der Waals surface area contributed by atoms with Crippen LogP contribution in [0, 0.1) is 5.41 Å². The van der Waals surface area contributed by atoms with Crippen molar-refractivity contribution >= 4 is 10.8 Å². The molecule has 1 aliphatic heterocycles. The maximum absolute atomic E-state index is 6.55. The predicted molar refractivity (Wildman–Crippen MR) is 108 cm³/mol. The van der Waals surface area contributed by atoms with Crippen LogP contribution in [0.25, 0.3) is 10.8 Å². The normalized spacial score (nSPS) is 18.3. The molecule has 0 unspecified atom stereocenters. The average Bonchev–Trinajstić information content (AvgIpc) is 2.69. The second-order valence-corrected chi connectivity index (χ2v) is 7.82. The Labute approximate surface area is 160 Å². The zero-order chi connectivity index (χ0) is 18.9. The number of fused-ring (bicyclic) bond motifs is 1. The first-order chi connectivity index (χ1) is 13.1. The molecule has 0 radical (unpaired) electrons. The highest BCUT2D eigenvalue weighted by atomic mass is 16.7. The van der Waals surface area contributed by atoms with Crippen LogP contribution in [0.5, 0.6) is 5.75 Å². The number of hydrogen-bond acceptors (Lipinski definition) is 3. The molecule has 0 N–H and O–H groups in total. The molecule has 1 aliphatic rings. The minimum Gasteiger partial charge on any atom is -0.493 e. The number of benzene rings is 3. The van der Waals surface area contributed by atoms with Crippen LogP contribution < -0.4 is 4.74 Å². The zero-order valence-electron chi connectivity index (χ0n) is 16.2. The highest BCUT2D eigenvalue weighted by Gasteiger charge is 2.46. The van der Waals surface area contributed by atoms with Gasteiger partial charge in [0.2, 0.25) is 5.79 Å². The second kappa shape index (κ2) is 6.99. The van der Waals surface area contributed by atoms with Gasteiger partial charge in [0.1, 0.15) is 5.75 Å². The van der Waals surface area contributed by atoms with Crippen molar-refractivity contribution < 1.29 is 14.2 Å². The lowest BCUT2D eigenvalue weighted by molar-refractivity contribution is -0.284. The Hall–Kier alpha value is -2.36. The average molecular weight is 362 g/mol. The van der Waals surface area contributed by atoms with E-state index >= 15 is 0 Å². The Kier molecular flexibility index (Phi) is 4.67. The molecule has 3 nitrogen and oxygen atoms in total. The van der Waals surface area contributed by atoms with Gasteiger partial charge in [0.05, 0.1) is 25.4 Å². The first-order valence-electron chi connectivity index (χ1n) is 9.54. The molecule has 140 valence electrons. The molecule has 1 saturated heterocycles. The van der Waals surface area contributed by atoms with E-state index in [2.05, 4.69) is 44.2 Å². The van der Waals surface area contributed by atoms with E-state index in [1.165, 1.54) is 0 Å². The number of rotatable bonds is 4. The van der Waals surface area contributed by atoms with Crippen molar-refractivity contribution in [1.82, 2.24) is 0 Å². The molecule has 0 atom stereocenters. The van der Waals surface area contributed by atoms with E-state index in [-0.39, 0.29) is 5.41 Å². The molecule has 0 aliphatic carbocycles. The summed E-state index contributed by atoms with van der Waals surface area (Å²) in [6, 6.07) is 22.6. The third kappa shape index (κ3) is 3.22. The molecule has 3 heteroatoms. The van der Waals surface area contributed by atoms with Gasteiger partial charge in [0, 0.05) is 11.0 Å². The van der Waals surface area contributed by atoms with E-state index < -0.39 is 5.79 Å². The van der Waals surface area contributed by atoms with Crippen LogP contribution in [0.1, 0.15) is 31.9 Å². The number of ether oxygens (including phenoxy) is 3. The summed E-state index contributed by atoms with van der Waals surface area (Å²) in [6.45, 7) is 8.12. The lowest BCUT2D eigenvalue weighted by Gasteiger charge is -2.44. The van der Waals surface area contributed by atoms with E-state index in [1.807, 2.05) is 43.3 Å². The fourth-order valence-corrected chi connectivity index (χ4v) is 3.66. The Balaban J connectivity index is 2.00. The first-order valence-corrected chi connectivity index (χ1v) is 9.54. The molecule has 3 aromatic carbocycles. The Bertz CT molecular complexity index is 921. The molecule has 0 bridgehead atoms. The summed E-state index contributed by atoms with van der Waals surface area (Å²) in [5.41, 5.74) is 1.90.